The molecule has 1 N–H and O–H groups in total. The van der Waals surface area contributed by atoms with Gasteiger partial charge in [0.25, 0.3) is 0 Å². The van der Waals surface area contributed by atoms with Crippen molar-refractivity contribution in [1.29, 1.82) is 0 Å². The second kappa shape index (κ2) is 11.8. The summed E-state index contributed by atoms with van der Waals surface area (Å²) in [7, 11) is 3.62. The van der Waals surface area contributed by atoms with Crippen LogP contribution in [0.2, 0.25) is 0 Å². The van der Waals surface area contributed by atoms with E-state index in [2.05, 4.69) is 51.5 Å². The zero-order chi connectivity index (χ0) is 22.5. The highest BCUT2D eigenvalue weighted by Gasteiger charge is 2.27. The fraction of sp³-hybridized carbons (Fsp3) is 0.542. The van der Waals surface area contributed by atoms with Gasteiger partial charge in [-0.05, 0) is 43.0 Å². The highest BCUT2D eigenvalue weighted by molar-refractivity contribution is 14.0. The van der Waals surface area contributed by atoms with Gasteiger partial charge in [-0.2, -0.15) is 5.10 Å². The molecule has 1 amide bonds. The molecule has 1 aromatic carbocycles. The largest absolute Gasteiger partial charge is 0.352 e. The van der Waals surface area contributed by atoms with Crippen LogP contribution in [0.25, 0.3) is 0 Å². The van der Waals surface area contributed by atoms with Crippen molar-refractivity contribution in [3.05, 3.63) is 47.8 Å². The number of nitrogens with one attached hydrogen (secondary N) is 1. The van der Waals surface area contributed by atoms with Crippen molar-refractivity contribution in [3.63, 3.8) is 0 Å². The van der Waals surface area contributed by atoms with Gasteiger partial charge in [0, 0.05) is 46.5 Å². The predicted molar refractivity (Wildman–Crippen MR) is 143 cm³/mol. The maximum Gasteiger partial charge on any atom is 0.246 e. The molecule has 4 rings (SSSR count). The van der Waals surface area contributed by atoms with Crippen LogP contribution >= 0.6 is 24.0 Å². The predicted octanol–water partition coefficient (Wildman–Crippen LogP) is 2.69. The van der Waals surface area contributed by atoms with E-state index in [1.54, 1.807) is 22.8 Å². The Hall–Kier alpha value is -2.14. The van der Waals surface area contributed by atoms with Crippen LogP contribution in [0.1, 0.15) is 30.9 Å². The van der Waals surface area contributed by atoms with Crippen molar-refractivity contribution in [2.75, 3.05) is 44.7 Å². The van der Waals surface area contributed by atoms with Crippen LogP contribution in [0.5, 0.6) is 0 Å². The number of carbonyl (C=O) groups is 1. The smallest absolute Gasteiger partial charge is 0.246 e. The Morgan fingerprint density at radius 2 is 1.82 bits per heavy atom. The first-order valence-corrected chi connectivity index (χ1v) is 11.6. The zero-order valence-electron chi connectivity index (χ0n) is 19.9. The van der Waals surface area contributed by atoms with Gasteiger partial charge in [0.2, 0.25) is 5.91 Å². The van der Waals surface area contributed by atoms with E-state index in [1.165, 1.54) is 37.1 Å². The first-order valence-electron chi connectivity index (χ1n) is 11.6. The van der Waals surface area contributed by atoms with Crippen molar-refractivity contribution in [3.8, 4) is 0 Å². The highest BCUT2D eigenvalue weighted by Crippen LogP contribution is 2.19. The van der Waals surface area contributed by atoms with Crippen LogP contribution in [0.15, 0.2) is 41.7 Å². The number of aliphatic imine (C=N–C) groups is 1. The lowest BCUT2D eigenvalue weighted by Gasteiger charge is -2.35. The topological polar surface area (TPSA) is 69.0 Å². The summed E-state index contributed by atoms with van der Waals surface area (Å²) in [6.45, 7) is 8.13. The summed E-state index contributed by atoms with van der Waals surface area (Å²) in [5, 5.41) is 7.59. The minimum atomic E-state index is 0. The van der Waals surface area contributed by atoms with Gasteiger partial charge in [-0.1, -0.05) is 31.2 Å². The van der Waals surface area contributed by atoms with Crippen LogP contribution in [-0.2, 0) is 24.9 Å². The number of piperazine rings is 1. The quantitative estimate of drug-likeness (QED) is 0.343. The maximum atomic E-state index is 12.7. The second-order valence-electron chi connectivity index (χ2n) is 9.02. The van der Waals surface area contributed by atoms with E-state index in [9.17, 15) is 4.79 Å². The van der Waals surface area contributed by atoms with Gasteiger partial charge in [-0.15, -0.1) is 24.0 Å². The molecular formula is C24H36IN7O. The molecule has 0 bridgehead atoms. The maximum absolute atomic E-state index is 12.7. The Morgan fingerprint density at radius 3 is 2.42 bits per heavy atom. The molecule has 2 aliphatic heterocycles. The number of guanidine groups is 1. The number of amides is 1. The Morgan fingerprint density at radius 1 is 1.12 bits per heavy atom. The lowest BCUT2D eigenvalue weighted by Crippen LogP contribution is -2.55. The molecule has 1 aromatic heterocycles. The van der Waals surface area contributed by atoms with Crippen molar-refractivity contribution in [1.82, 2.24) is 24.9 Å². The number of rotatable bonds is 5. The molecular weight excluding hydrogens is 529 g/mol. The fourth-order valence-electron chi connectivity index (χ4n) is 4.43. The average molecular weight is 566 g/mol. The lowest BCUT2D eigenvalue weighted by molar-refractivity contribution is -0.120. The molecule has 2 aromatic rings. The summed E-state index contributed by atoms with van der Waals surface area (Å²) < 4.78 is 1.72. The van der Waals surface area contributed by atoms with Crippen LogP contribution in [0.3, 0.4) is 0 Å². The standard InChI is InChI=1S/C24H35N7O.HI/c1-19-8-10-29(11-9-19)16-21-6-4-20(5-7-21)14-26-24(25-2)30-12-13-31(23(32)18-30)22-15-27-28(3)17-22;/h4-7,15,17,19H,8-14,16,18H2,1-3H3,(H,25,26);1H. The van der Waals surface area contributed by atoms with Crippen LogP contribution in [0, 0.1) is 5.92 Å². The minimum absolute atomic E-state index is 0. The normalized spacial score (nSPS) is 18.4. The van der Waals surface area contributed by atoms with E-state index >= 15 is 0 Å². The molecule has 0 atom stereocenters. The van der Waals surface area contributed by atoms with Gasteiger partial charge in [-0.3, -0.25) is 19.4 Å². The summed E-state index contributed by atoms with van der Waals surface area (Å²) in [5.41, 5.74) is 3.42. The number of hydrogen-bond donors (Lipinski definition) is 1. The van der Waals surface area contributed by atoms with Gasteiger partial charge in [0.1, 0.15) is 6.54 Å². The molecule has 0 radical (unpaired) electrons. The zero-order valence-corrected chi connectivity index (χ0v) is 22.2. The summed E-state index contributed by atoms with van der Waals surface area (Å²) in [4.78, 5) is 23.4. The van der Waals surface area contributed by atoms with Crippen LogP contribution in [0.4, 0.5) is 5.69 Å². The Labute approximate surface area is 214 Å². The highest BCUT2D eigenvalue weighted by atomic mass is 127. The molecule has 8 nitrogen and oxygen atoms in total. The number of piperidine rings is 1. The fourth-order valence-corrected chi connectivity index (χ4v) is 4.43. The SMILES string of the molecule is CN=C(NCc1ccc(CN2CCC(C)CC2)cc1)N1CCN(c2cnn(C)c2)C(=O)C1.I. The van der Waals surface area contributed by atoms with Gasteiger partial charge in [-0.25, -0.2) is 0 Å². The summed E-state index contributed by atoms with van der Waals surface area (Å²) in [5.74, 6) is 1.68. The molecule has 33 heavy (non-hydrogen) atoms. The molecule has 2 aliphatic rings. The molecule has 0 saturated carbocycles. The Bertz CT molecular complexity index is 935. The first-order chi connectivity index (χ1) is 15.5. The van der Waals surface area contributed by atoms with Crippen LogP contribution in [-0.4, -0.2) is 71.2 Å². The van der Waals surface area contributed by atoms with E-state index in [-0.39, 0.29) is 29.9 Å². The van der Waals surface area contributed by atoms with E-state index in [4.69, 9.17) is 0 Å². The van der Waals surface area contributed by atoms with Crippen molar-refractivity contribution in [2.45, 2.75) is 32.9 Å². The van der Waals surface area contributed by atoms with E-state index in [1.807, 2.05) is 18.1 Å². The second-order valence-corrected chi connectivity index (χ2v) is 9.02. The summed E-state index contributed by atoms with van der Waals surface area (Å²) >= 11 is 0. The molecule has 0 spiro atoms. The molecule has 0 unspecified atom stereocenters. The number of carbonyl (C=O) groups excluding carboxylic acids is 1. The van der Waals surface area contributed by atoms with Gasteiger partial charge in [0.05, 0.1) is 11.9 Å². The van der Waals surface area contributed by atoms with E-state index in [0.29, 0.717) is 19.6 Å². The third kappa shape index (κ3) is 6.69. The summed E-state index contributed by atoms with van der Waals surface area (Å²) in [6.07, 6.45) is 6.21. The third-order valence-electron chi connectivity index (χ3n) is 6.49. The number of halogens is 1. The van der Waals surface area contributed by atoms with Crippen molar-refractivity contribution < 1.29 is 4.79 Å². The number of nitrogens with zero attached hydrogens (tertiary/aromatic N) is 6. The van der Waals surface area contributed by atoms with Crippen LogP contribution < -0.4 is 10.2 Å². The number of benzene rings is 1. The molecule has 9 heteroatoms. The monoisotopic (exact) mass is 565 g/mol. The average Bonchev–Trinajstić information content (AvgIpc) is 3.23. The Kier molecular flexibility index (Phi) is 9.13. The molecule has 180 valence electrons. The molecule has 3 heterocycles. The third-order valence-corrected chi connectivity index (χ3v) is 6.49. The number of anilines is 1. The molecule has 2 fully saturated rings. The van der Waals surface area contributed by atoms with Gasteiger partial charge < -0.3 is 15.1 Å². The van der Waals surface area contributed by atoms with E-state index in [0.717, 1.165) is 30.7 Å². The number of likely N-dealkylation sites (tertiary alicyclic amines) is 1. The first kappa shape index (κ1) is 25.5. The molecule has 0 aliphatic carbocycles. The summed E-state index contributed by atoms with van der Waals surface area (Å²) in [6, 6.07) is 8.84. The van der Waals surface area contributed by atoms with Gasteiger partial charge in [0.15, 0.2) is 5.96 Å². The van der Waals surface area contributed by atoms with E-state index < -0.39 is 0 Å². The van der Waals surface area contributed by atoms with Crippen molar-refractivity contribution in [2.24, 2.45) is 18.0 Å². The van der Waals surface area contributed by atoms with Gasteiger partial charge >= 0.3 is 0 Å². The van der Waals surface area contributed by atoms with Crippen molar-refractivity contribution >= 4 is 41.5 Å². The Balaban J connectivity index is 0.00000306. The number of aromatic nitrogens is 2. The number of hydrogen-bond acceptors (Lipinski definition) is 4. The lowest BCUT2D eigenvalue weighted by atomic mass is 9.99. The minimum Gasteiger partial charge on any atom is -0.352 e. The number of aryl methyl sites for hydroxylation is 1. The molecule has 2 saturated heterocycles.